The second-order valence-electron chi connectivity index (χ2n) is 5.41. The van der Waals surface area contributed by atoms with Crippen LogP contribution in [-0.4, -0.2) is 16.7 Å². The molecule has 2 heterocycles. The van der Waals surface area contributed by atoms with Gasteiger partial charge < -0.3 is 4.52 Å². The van der Waals surface area contributed by atoms with Crippen LogP contribution in [0.1, 0.15) is 12.0 Å². The summed E-state index contributed by atoms with van der Waals surface area (Å²) >= 11 is 12.0. The quantitative estimate of drug-likeness (QED) is 0.645. The molecular formula is C17H13Cl2N3O. The van der Waals surface area contributed by atoms with Gasteiger partial charge in [-0.05, 0) is 42.7 Å². The number of benzene rings is 2. The van der Waals surface area contributed by atoms with E-state index in [1.54, 1.807) is 12.1 Å². The van der Waals surface area contributed by atoms with Gasteiger partial charge in [0, 0.05) is 17.8 Å². The number of aryl methyl sites for hydroxylation is 1. The van der Waals surface area contributed by atoms with Crippen molar-refractivity contribution in [3.05, 3.63) is 58.1 Å². The minimum absolute atomic E-state index is 0.471. The Hall–Kier alpha value is -2.04. The lowest BCUT2D eigenvalue weighted by Crippen LogP contribution is -2.24. The van der Waals surface area contributed by atoms with Crippen LogP contribution in [0, 0.1) is 0 Å². The highest BCUT2D eigenvalue weighted by Crippen LogP contribution is 2.34. The molecule has 1 aromatic heterocycles. The van der Waals surface area contributed by atoms with Crippen molar-refractivity contribution in [1.82, 2.24) is 10.1 Å². The third kappa shape index (κ3) is 2.69. The molecular weight excluding hydrogens is 333 g/mol. The number of fused-ring (bicyclic) bond motifs is 1. The SMILES string of the molecule is Clc1ccc(-c2noc(N3CCCc4ccccc43)n2)cc1Cl. The molecule has 0 aliphatic carbocycles. The number of para-hydroxylation sites is 1. The van der Waals surface area contributed by atoms with Gasteiger partial charge in [-0.2, -0.15) is 4.98 Å². The van der Waals surface area contributed by atoms with E-state index in [-0.39, 0.29) is 0 Å². The highest BCUT2D eigenvalue weighted by molar-refractivity contribution is 6.42. The van der Waals surface area contributed by atoms with Crippen molar-refractivity contribution in [3.63, 3.8) is 0 Å². The van der Waals surface area contributed by atoms with E-state index in [1.807, 2.05) is 12.1 Å². The number of hydrogen-bond acceptors (Lipinski definition) is 4. The topological polar surface area (TPSA) is 42.2 Å². The average molecular weight is 346 g/mol. The van der Waals surface area contributed by atoms with Gasteiger partial charge in [-0.25, -0.2) is 0 Å². The van der Waals surface area contributed by atoms with Gasteiger partial charge in [-0.3, -0.25) is 4.90 Å². The Bertz CT molecular complexity index is 863. The first-order chi connectivity index (χ1) is 11.2. The number of halogens is 2. The third-order valence-electron chi connectivity index (χ3n) is 3.93. The molecule has 0 unspecified atom stereocenters. The van der Waals surface area contributed by atoms with E-state index in [1.165, 1.54) is 5.56 Å². The molecule has 3 aromatic rings. The number of aromatic nitrogens is 2. The molecule has 2 aromatic carbocycles. The van der Waals surface area contributed by atoms with Gasteiger partial charge in [-0.15, -0.1) is 0 Å². The lowest BCUT2D eigenvalue weighted by Gasteiger charge is -2.27. The first-order valence-corrected chi connectivity index (χ1v) is 8.12. The van der Waals surface area contributed by atoms with E-state index < -0.39 is 0 Å². The van der Waals surface area contributed by atoms with Crippen LogP contribution in [0.4, 0.5) is 11.7 Å². The molecule has 4 nitrogen and oxygen atoms in total. The molecule has 6 heteroatoms. The Kier molecular flexibility index (Phi) is 3.71. The van der Waals surface area contributed by atoms with Gasteiger partial charge in [0.05, 0.1) is 10.0 Å². The van der Waals surface area contributed by atoms with Crippen LogP contribution in [0.25, 0.3) is 11.4 Å². The van der Waals surface area contributed by atoms with Gasteiger partial charge in [0.2, 0.25) is 5.82 Å². The van der Waals surface area contributed by atoms with Crippen LogP contribution < -0.4 is 4.90 Å². The molecule has 0 N–H and O–H groups in total. The average Bonchev–Trinajstić information content (AvgIpc) is 3.06. The molecule has 0 bridgehead atoms. The molecule has 116 valence electrons. The molecule has 4 rings (SSSR count). The number of rotatable bonds is 2. The molecule has 0 atom stereocenters. The molecule has 0 saturated carbocycles. The van der Waals surface area contributed by atoms with Crippen LogP contribution in [0.3, 0.4) is 0 Å². The van der Waals surface area contributed by atoms with Gasteiger partial charge >= 0.3 is 6.01 Å². The van der Waals surface area contributed by atoms with E-state index in [0.29, 0.717) is 21.9 Å². The lowest BCUT2D eigenvalue weighted by atomic mass is 10.0. The lowest BCUT2D eigenvalue weighted by molar-refractivity contribution is 0.420. The molecule has 0 spiro atoms. The number of nitrogens with zero attached hydrogens (tertiary/aromatic N) is 3. The first kappa shape index (κ1) is 14.5. The fourth-order valence-electron chi connectivity index (χ4n) is 2.81. The predicted molar refractivity (Wildman–Crippen MR) is 91.5 cm³/mol. The zero-order chi connectivity index (χ0) is 15.8. The van der Waals surface area contributed by atoms with Crippen LogP contribution >= 0.6 is 23.2 Å². The van der Waals surface area contributed by atoms with Gasteiger partial charge in [0.25, 0.3) is 0 Å². The normalized spacial score (nSPS) is 13.9. The second-order valence-corrected chi connectivity index (χ2v) is 6.23. The maximum Gasteiger partial charge on any atom is 0.328 e. The van der Waals surface area contributed by atoms with Gasteiger partial charge in [0.1, 0.15) is 0 Å². The maximum absolute atomic E-state index is 6.06. The minimum Gasteiger partial charge on any atom is -0.314 e. The summed E-state index contributed by atoms with van der Waals surface area (Å²) < 4.78 is 5.47. The van der Waals surface area contributed by atoms with E-state index >= 15 is 0 Å². The maximum atomic E-state index is 6.06. The van der Waals surface area contributed by atoms with Gasteiger partial charge in [-0.1, -0.05) is 46.6 Å². The monoisotopic (exact) mass is 345 g/mol. The Labute approximate surface area is 143 Å². The Morgan fingerprint density at radius 1 is 1.04 bits per heavy atom. The van der Waals surface area contributed by atoms with Crippen molar-refractivity contribution in [3.8, 4) is 11.4 Å². The number of hydrogen-bond donors (Lipinski definition) is 0. The van der Waals surface area contributed by atoms with E-state index in [2.05, 4.69) is 33.2 Å². The Balaban J connectivity index is 1.70. The summed E-state index contributed by atoms with van der Waals surface area (Å²) in [4.78, 5) is 6.58. The largest absolute Gasteiger partial charge is 0.328 e. The Morgan fingerprint density at radius 2 is 1.91 bits per heavy atom. The zero-order valence-corrected chi connectivity index (χ0v) is 13.7. The summed E-state index contributed by atoms with van der Waals surface area (Å²) in [7, 11) is 0. The summed E-state index contributed by atoms with van der Waals surface area (Å²) in [5.41, 5.74) is 3.20. The van der Waals surface area contributed by atoms with Crippen LogP contribution in [-0.2, 0) is 6.42 Å². The van der Waals surface area contributed by atoms with Crippen molar-refractivity contribution in [1.29, 1.82) is 0 Å². The van der Waals surface area contributed by atoms with E-state index in [9.17, 15) is 0 Å². The van der Waals surface area contributed by atoms with Crippen molar-refractivity contribution in [2.24, 2.45) is 0 Å². The summed E-state index contributed by atoms with van der Waals surface area (Å²) in [5.74, 6) is 0.502. The molecule has 23 heavy (non-hydrogen) atoms. The van der Waals surface area contributed by atoms with Crippen LogP contribution in [0.5, 0.6) is 0 Å². The standard InChI is InChI=1S/C17H13Cl2N3O/c18-13-8-7-12(10-14(13)19)16-20-17(23-21-16)22-9-3-5-11-4-1-2-6-15(11)22/h1-2,4,6-8,10H,3,5,9H2. The third-order valence-corrected chi connectivity index (χ3v) is 4.67. The zero-order valence-electron chi connectivity index (χ0n) is 12.2. The van der Waals surface area contributed by atoms with Crippen LogP contribution in [0.15, 0.2) is 47.0 Å². The predicted octanol–water partition coefficient (Wildman–Crippen LogP) is 5.13. The van der Waals surface area contributed by atoms with Crippen LogP contribution in [0.2, 0.25) is 10.0 Å². The summed E-state index contributed by atoms with van der Waals surface area (Å²) in [6.45, 7) is 0.861. The second kappa shape index (κ2) is 5.87. The van der Waals surface area contributed by atoms with Crippen molar-refractivity contribution >= 4 is 34.9 Å². The summed E-state index contributed by atoms with van der Waals surface area (Å²) in [6.07, 6.45) is 2.13. The fourth-order valence-corrected chi connectivity index (χ4v) is 3.11. The fraction of sp³-hybridized carbons (Fsp3) is 0.176. The van der Waals surface area contributed by atoms with Crippen molar-refractivity contribution < 1.29 is 4.52 Å². The number of anilines is 2. The summed E-state index contributed by atoms with van der Waals surface area (Å²) in [5, 5.41) is 5.05. The smallest absolute Gasteiger partial charge is 0.314 e. The molecule has 0 radical (unpaired) electrons. The van der Waals surface area contributed by atoms with E-state index in [0.717, 1.165) is 30.6 Å². The molecule has 0 saturated heterocycles. The molecule has 1 aliphatic rings. The Morgan fingerprint density at radius 3 is 2.78 bits per heavy atom. The van der Waals surface area contributed by atoms with Crippen molar-refractivity contribution in [2.45, 2.75) is 12.8 Å². The first-order valence-electron chi connectivity index (χ1n) is 7.37. The van der Waals surface area contributed by atoms with Crippen molar-refractivity contribution in [2.75, 3.05) is 11.4 Å². The molecule has 0 fully saturated rings. The minimum atomic E-state index is 0.471. The van der Waals surface area contributed by atoms with E-state index in [4.69, 9.17) is 27.7 Å². The highest BCUT2D eigenvalue weighted by atomic mass is 35.5. The highest BCUT2D eigenvalue weighted by Gasteiger charge is 2.22. The molecule has 1 aliphatic heterocycles. The summed E-state index contributed by atoms with van der Waals surface area (Å²) in [6, 6.07) is 14.1. The van der Waals surface area contributed by atoms with Gasteiger partial charge in [0.15, 0.2) is 0 Å². The molecule has 0 amide bonds.